The fraction of sp³-hybridized carbons (Fsp3) is 0.182. The van der Waals surface area contributed by atoms with E-state index >= 15 is 0 Å². The molecule has 0 radical (unpaired) electrons. The van der Waals surface area contributed by atoms with Crippen molar-refractivity contribution in [2.45, 2.75) is 13.3 Å². The summed E-state index contributed by atoms with van der Waals surface area (Å²) in [5.41, 5.74) is 2.36. The smallest absolute Gasteiger partial charge is 0.157 e. The maximum atomic E-state index is 5.56. The predicted molar refractivity (Wildman–Crippen MR) is 53.3 cm³/mol. The van der Waals surface area contributed by atoms with Crippen LogP contribution in [0.1, 0.15) is 13.3 Å². The maximum Gasteiger partial charge on any atom is 0.157 e. The minimum Gasteiger partial charge on any atom is -0.462 e. The molecule has 2 heterocycles. The van der Waals surface area contributed by atoms with E-state index in [1.165, 1.54) is 5.57 Å². The zero-order chi connectivity index (χ0) is 9.54. The molecule has 0 spiro atoms. The topological polar surface area (TPSA) is 37.9 Å². The van der Waals surface area contributed by atoms with E-state index in [1.54, 1.807) is 12.6 Å². The Morgan fingerprint density at radius 2 is 2.43 bits per heavy atom. The van der Waals surface area contributed by atoms with Crippen molar-refractivity contribution in [3.8, 4) is 0 Å². The lowest BCUT2D eigenvalue weighted by atomic mass is 10.0. The number of H-pyrrole nitrogens is 1. The van der Waals surface area contributed by atoms with Crippen LogP contribution >= 0.6 is 0 Å². The molecule has 0 saturated carbocycles. The molecule has 1 aromatic rings. The average molecular weight is 186 g/mol. The van der Waals surface area contributed by atoms with Crippen LogP contribution in [-0.4, -0.2) is 9.97 Å². The third-order valence-electron chi connectivity index (χ3n) is 2.47. The van der Waals surface area contributed by atoms with Crippen LogP contribution in [0.3, 0.4) is 0 Å². The van der Waals surface area contributed by atoms with Crippen LogP contribution in [0.5, 0.6) is 0 Å². The third kappa shape index (κ3) is 0.954. The highest BCUT2D eigenvalue weighted by atomic mass is 16.5. The lowest BCUT2D eigenvalue weighted by Gasteiger charge is -2.16. The lowest BCUT2D eigenvalue weighted by Crippen LogP contribution is -2.31. The van der Waals surface area contributed by atoms with Crippen LogP contribution < -0.4 is 10.7 Å². The zero-order valence-electron chi connectivity index (χ0n) is 7.87. The van der Waals surface area contributed by atoms with Crippen molar-refractivity contribution >= 4 is 11.8 Å². The largest absolute Gasteiger partial charge is 0.462 e. The molecule has 1 N–H and O–H groups in total. The highest BCUT2D eigenvalue weighted by molar-refractivity contribution is 5.66. The van der Waals surface area contributed by atoms with Gasteiger partial charge in [0.1, 0.15) is 5.35 Å². The summed E-state index contributed by atoms with van der Waals surface area (Å²) in [5, 5.41) is 1.98. The molecule has 2 aliphatic rings. The van der Waals surface area contributed by atoms with Crippen molar-refractivity contribution in [1.82, 2.24) is 9.97 Å². The van der Waals surface area contributed by atoms with Gasteiger partial charge in [0, 0.05) is 5.57 Å². The molecule has 1 aliphatic heterocycles. The standard InChI is InChI=1S/C11H10N2O/c1-7-4-8-2-3-9-10(13-6-12-9)11(8)14-5-7/h3-6H,2H2,1H3,(H,12,13). The first-order valence-corrected chi connectivity index (χ1v) is 4.63. The molecule has 14 heavy (non-hydrogen) atoms. The number of hydrogen-bond acceptors (Lipinski definition) is 2. The minimum atomic E-state index is 0.898. The van der Waals surface area contributed by atoms with Crippen LogP contribution in [-0.2, 0) is 4.74 Å². The van der Waals surface area contributed by atoms with E-state index in [4.69, 9.17) is 4.74 Å². The molecule has 3 rings (SSSR count). The summed E-state index contributed by atoms with van der Waals surface area (Å²) in [6, 6.07) is 0. The first-order valence-electron chi connectivity index (χ1n) is 4.63. The van der Waals surface area contributed by atoms with Gasteiger partial charge in [-0.2, -0.15) is 0 Å². The molecule has 1 aromatic heterocycles. The van der Waals surface area contributed by atoms with Gasteiger partial charge in [-0.25, -0.2) is 4.98 Å². The Morgan fingerprint density at radius 1 is 1.50 bits per heavy atom. The van der Waals surface area contributed by atoms with Gasteiger partial charge in [0.05, 0.1) is 17.9 Å². The molecule has 0 saturated heterocycles. The number of aromatic nitrogens is 2. The number of hydrogen-bond donors (Lipinski definition) is 1. The number of allylic oxidation sites excluding steroid dienone is 2. The van der Waals surface area contributed by atoms with Crippen molar-refractivity contribution in [3.05, 3.63) is 40.5 Å². The van der Waals surface area contributed by atoms with Crippen LogP contribution in [0.25, 0.3) is 11.8 Å². The average Bonchev–Trinajstić information content (AvgIpc) is 2.65. The molecule has 0 unspecified atom stereocenters. The molecule has 0 fully saturated rings. The zero-order valence-corrected chi connectivity index (χ0v) is 7.87. The van der Waals surface area contributed by atoms with Crippen LogP contribution in [0, 0.1) is 0 Å². The SMILES string of the molecule is CC1=COC2=c3nc[nH]c3=CCC2=C1. The van der Waals surface area contributed by atoms with Gasteiger partial charge in [-0.15, -0.1) is 0 Å². The molecular weight excluding hydrogens is 176 g/mol. The van der Waals surface area contributed by atoms with E-state index < -0.39 is 0 Å². The number of imidazole rings is 1. The molecular formula is C11H10N2O. The molecule has 3 nitrogen and oxygen atoms in total. The maximum absolute atomic E-state index is 5.56. The second-order valence-corrected chi connectivity index (χ2v) is 3.55. The van der Waals surface area contributed by atoms with Gasteiger partial charge in [-0.1, -0.05) is 6.08 Å². The molecule has 0 amide bonds. The molecule has 1 aliphatic carbocycles. The predicted octanol–water partition coefficient (Wildman–Crippen LogP) is 0.562. The first-order chi connectivity index (χ1) is 6.84. The van der Waals surface area contributed by atoms with Crippen LogP contribution in [0.4, 0.5) is 0 Å². The van der Waals surface area contributed by atoms with Gasteiger partial charge in [-0.05, 0) is 25.0 Å². The van der Waals surface area contributed by atoms with Crippen molar-refractivity contribution < 1.29 is 4.74 Å². The Balaban J connectivity index is 2.34. The van der Waals surface area contributed by atoms with Crippen molar-refractivity contribution in [3.63, 3.8) is 0 Å². The number of fused-ring (bicyclic) bond motifs is 2. The molecule has 3 heteroatoms. The highest BCUT2D eigenvalue weighted by Gasteiger charge is 2.15. The van der Waals surface area contributed by atoms with E-state index in [2.05, 4.69) is 22.1 Å². The fourth-order valence-electron chi connectivity index (χ4n) is 1.81. The molecule has 0 aromatic carbocycles. The Labute approximate surface area is 81.1 Å². The van der Waals surface area contributed by atoms with Gasteiger partial charge >= 0.3 is 0 Å². The Hall–Kier alpha value is -1.77. The van der Waals surface area contributed by atoms with Gasteiger partial charge in [0.15, 0.2) is 5.76 Å². The number of nitrogens with zero attached hydrogens (tertiary/aromatic N) is 1. The summed E-state index contributed by atoms with van der Waals surface area (Å²) in [4.78, 5) is 7.33. The van der Waals surface area contributed by atoms with Crippen LogP contribution in [0.15, 0.2) is 29.8 Å². The van der Waals surface area contributed by atoms with Gasteiger partial charge < -0.3 is 9.72 Å². The second kappa shape index (κ2) is 2.61. The van der Waals surface area contributed by atoms with Gasteiger partial charge in [-0.3, -0.25) is 0 Å². The third-order valence-corrected chi connectivity index (χ3v) is 2.47. The minimum absolute atomic E-state index is 0.898. The Kier molecular flexibility index (Phi) is 1.42. The number of aromatic amines is 1. The van der Waals surface area contributed by atoms with Crippen molar-refractivity contribution in [2.24, 2.45) is 0 Å². The van der Waals surface area contributed by atoms with Crippen molar-refractivity contribution in [1.29, 1.82) is 0 Å². The number of nitrogens with one attached hydrogen (secondary N) is 1. The number of rotatable bonds is 0. The first kappa shape index (κ1) is 7.62. The summed E-state index contributed by atoms with van der Waals surface area (Å²) in [6.45, 7) is 2.03. The summed E-state index contributed by atoms with van der Waals surface area (Å²) in [7, 11) is 0. The molecule has 0 atom stereocenters. The molecule has 0 bridgehead atoms. The summed E-state index contributed by atoms with van der Waals surface area (Å²) >= 11 is 0. The van der Waals surface area contributed by atoms with E-state index in [1.807, 2.05) is 6.92 Å². The van der Waals surface area contributed by atoms with E-state index in [0.29, 0.717) is 0 Å². The second-order valence-electron chi connectivity index (χ2n) is 3.55. The number of ether oxygens (including phenoxy) is 1. The van der Waals surface area contributed by atoms with Crippen LogP contribution in [0.2, 0.25) is 0 Å². The molecule has 70 valence electrons. The van der Waals surface area contributed by atoms with E-state index in [9.17, 15) is 0 Å². The Bertz CT molecular complexity index is 560. The van der Waals surface area contributed by atoms with E-state index in [-0.39, 0.29) is 0 Å². The summed E-state index contributed by atoms with van der Waals surface area (Å²) < 4.78 is 5.56. The highest BCUT2D eigenvalue weighted by Crippen LogP contribution is 2.24. The lowest BCUT2D eigenvalue weighted by molar-refractivity contribution is 0.419. The summed E-state index contributed by atoms with van der Waals surface area (Å²) in [6.07, 6.45) is 8.66. The van der Waals surface area contributed by atoms with Crippen molar-refractivity contribution in [2.75, 3.05) is 0 Å². The normalized spacial score (nSPS) is 18.5. The Morgan fingerprint density at radius 3 is 3.36 bits per heavy atom. The quantitative estimate of drug-likeness (QED) is 0.643. The van der Waals surface area contributed by atoms with E-state index in [0.717, 1.165) is 28.5 Å². The summed E-state index contributed by atoms with van der Waals surface area (Å²) in [5.74, 6) is 0.898. The van der Waals surface area contributed by atoms with Gasteiger partial charge in [0.25, 0.3) is 0 Å². The van der Waals surface area contributed by atoms with Gasteiger partial charge in [0.2, 0.25) is 0 Å². The fourth-order valence-corrected chi connectivity index (χ4v) is 1.81. The monoisotopic (exact) mass is 186 g/mol.